The third-order valence-corrected chi connectivity index (χ3v) is 0.667. The molecule has 0 radical (unpaired) electrons. The van der Waals surface area contributed by atoms with Gasteiger partial charge in [0.15, 0.2) is 0 Å². The van der Waals surface area contributed by atoms with Crippen molar-refractivity contribution in [3.05, 3.63) is 36.4 Å². The number of hydrogen-bond donors (Lipinski definition) is 0. The molecule has 0 aliphatic rings. The summed E-state index contributed by atoms with van der Waals surface area (Å²) in [5.74, 6) is 0. The first-order valence-electron chi connectivity index (χ1n) is 5.41. The smallest absolute Gasteiger partial charge is 0.0194 e. The molecule has 0 fully saturated rings. The van der Waals surface area contributed by atoms with Gasteiger partial charge in [-0.3, -0.25) is 0 Å². The highest BCUT2D eigenvalue weighted by molar-refractivity contribution is 4.99. The summed E-state index contributed by atoms with van der Waals surface area (Å²) in [5, 5.41) is 0. The zero-order valence-electron chi connectivity index (χ0n) is 10.2. The molecule has 0 bridgehead atoms. The molecule has 0 saturated carbocycles. The molecule has 12 heavy (non-hydrogen) atoms. The first kappa shape index (κ1) is 13.8. The fourth-order valence-corrected chi connectivity index (χ4v) is 0.385. The molecule has 0 aromatic heterocycles. The summed E-state index contributed by atoms with van der Waals surface area (Å²) in [6.45, 7) is 8.25. The third kappa shape index (κ3) is 22.9. The lowest BCUT2D eigenvalue weighted by Crippen LogP contribution is -1.47. The van der Waals surface area contributed by atoms with Crippen molar-refractivity contribution in [1.82, 2.24) is 0 Å². The van der Waals surface area contributed by atoms with Crippen LogP contribution >= 0.6 is 0 Å². The van der Waals surface area contributed by atoms with E-state index in [0.717, 1.165) is 0 Å². The Morgan fingerprint density at radius 1 is 0.833 bits per heavy atom. The molecular weight excluding hydrogens is 144 g/mol. The molecule has 0 atom stereocenters. The lowest BCUT2D eigenvalue weighted by Gasteiger charge is -1.69. The zero-order chi connectivity index (χ0) is 10.9. The van der Waals surface area contributed by atoms with Crippen LogP contribution in [-0.4, -0.2) is 0 Å². The Bertz CT molecular complexity index is 88.0. The Hall–Kier alpha value is -0.780. The lowest BCUT2D eigenvalue weighted by atomic mass is 10.4. The molecule has 1 aromatic rings. The van der Waals surface area contributed by atoms with E-state index in [4.69, 9.17) is 1.37 Å². The summed E-state index contributed by atoms with van der Waals surface area (Å²) in [7, 11) is 1.25. The van der Waals surface area contributed by atoms with Gasteiger partial charge in [0.2, 0.25) is 0 Å². The minimum atomic E-state index is 1.25. The van der Waals surface area contributed by atoms with Gasteiger partial charge in [-0.25, -0.2) is 0 Å². The van der Waals surface area contributed by atoms with Gasteiger partial charge in [0.05, 0.1) is 0 Å². The van der Waals surface area contributed by atoms with Crippen molar-refractivity contribution in [2.75, 3.05) is 0 Å². The zero-order valence-corrected chi connectivity index (χ0v) is 9.17. The summed E-state index contributed by atoms with van der Waals surface area (Å²) in [5.41, 5.74) is 0. The standard InChI is InChI=1S/C6H6.C3H8.C2H6.CH4/c1-2-4-6-5-3-1;1-3-2;1-2;/h1-6H;3H2,1-2H3;1-2H3;1H4/i;;;1T. The maximum atomic E-state index is 5.75. The molecule has 1 aromatic carbocycles. The monoisotopic (exact) mass is 170 g/mol. The molecule has 0 heterocycles. The summed E-state index contributed by atoms with van der Waals surface area (Å²) in [6.07, 6.45) is 1.25. The van der Waals surface area contributed by atoms with Crippen molar-refractivity contribution in [3.8, 4) is 0 Å². The second-order valence-corrected chi connectivity index (χ2v) is 1.86. The van der Waals surface area contributed by atoms with Gasteiger partial charge in [0.1, 0.15) is 0 Å². The summed E-state index contributed by atoms with van der Waals surface area (Å²) in [6, 6.07) is 12.0. The number of hydrogen-bond acceptors (Lipinski definition) is 0. The summed E-state index contributed by atoms with van der Waals surface area (Å²) < 4.78 is 5.75. The van der Waals surface area contributed by atoms with Gasteiger partial charge in [-0.05, 0) is 0 Å². The van der Waals surface area contributed by atoms with Gasteiger partial charge in [-0.2, -0.15) is 0 Å². The molecule has 0 saturated heterocycles. The molecule has 72 valence electrons. The Balaban J connectivity index is -0.000000124. The van der Waals surface area contributed by atoms with E-state index in [1.165, 1.54) is 13.8 Å². The van der Waals surface area contributed by atoms with Crippen molar-refractivity contribution >= 4 is 0 Å². The van der Waals surface area contributed by atoms with E-state index in [1.54, 1.807) is 0 Å². The number of rotatable bonds is 0. The first-order chi connectivity index (χ1) is 6.41. The highest BCUT2D eigenvalue weighted by Crippen LogP contribution is 1.79. The van der Waals surface area contributed by atoms with Crippen LogP contribution in [0.4, 0.5) is 0 Å². The molecule has 0 N–H and O–H groups in total. The third-order valence-electron chi connectivity index (χ3n) is 0.667. The predicted octanol–water partition coefficient (Wildman–Crippen LogP) is 4.77. The van der Waals surface area contributed by atoms with E-state index in [1.807, 2.05) is 50.2 Å². The van der Waals surface area contributed by atoms with Crippen molar-refractivity contribution in [2.24, 2.45) is 0 Å². The molecule has 0 nitrogen and oxygen atoms in total. The van der Waals surface area contributed by atoms with Gasteiger partial charge >= 0.3 is 0 Å². The largest absolute Gasteiger partial charge is 0.0776 e. The highest BCUT2D eigenvalue weighted by atomic mass is 13.6. The second-order valence-electron chi connectivity index (χ2n) is 1.86. The minimum Gasteiger partial charge on any atom is -0.0776 e. The van der Waals surface area contributed by atoms with Gasteiger partial charge in [-0.1, -0.05) is 77.9 Å². The first-order valence-corrected chi connectivity index (χ1v) is 4.41. The van der Waals surface area contributed by atoms with Gasteiger partial charge < -0.3 is 0 Å². The van der Waals surface area contributed by atoms with Crippen molar-refractivity contribution in [1.29, 1.82) is 0 Å². The van der Waals surface area contributed by atoms with Crippen LogP contribution in [0, 0.1) is 0 Å². The van der Waals surface area contributed by atoms with E-state index < -0.39 is 0 Å². The highest BCUT2D eigenvalue weighted by Gasteiger charge is 1.57. The van der Waals surface area contributed by atoms with Crippen molar-refractivity contribution in [2.45, 2.75) is 41.5 Å². The maximum Gasteiger partial charge on any atom is 0.0194 e. The van der Waals surface area contributed by atoms with Gasteiger partial charge in [0.25, 0.3) is 0 Å². The predicted molar refractivity (Wildman–Crippen MR) is 60.5 cm³/mol. The SMILES string of the molecule is CC.CCC.[3H]C.c1ccccc1. The molecule has 0 spiro atoms. The normalized spacial score (nSPS) is 6.58. The van der Waals surface area contributed by atoms with Crippen molar-refractivity contribution in [3.63, 3.8) is 0 Å². The molecule has 0 aliphatic carbocycles. The topological polar surface area (TPSA) is 0 Å². The van der Waals surface area contributed by atoms with E-state index >= 15 is 0 Å². The summed E-state index contributed by atoms with van der Waals surface area (Å²) in [4.78, 5) is 0. The Kier molecular flexibility index (Phi) is 25.8. The van der Waals surface area contributed by atoms with E-state index in [2.05, 4.69) is 13.8 Å². The lowest BCUT2D eigenvalue weighted by molar-refractivity contribution is 1.09. The molecular formula is C12H24. The van der Waals surface area contributed by atoms with Gasteiger partial charge in [0, 0.05) is 1.37 Å². The Morgan fingerprint density at radius 3 is 1.00 bits per heavy atom. The van der Waals surface area contributed by atoms with E-state index in [-0.39, 0.29) is 0 Å². The summed E-state index contributed by atoms with van der Waals surface area (Å²) >= 11 is 0. The van der Waals surface area contributed by atoms with Crippen molar-refractivity contribution < 1.29 is 1.37 Å². The average molecular weight is 170 g/mol. The van der Waals surface area contributed by atoms with Crippen LogP contribution in [0.15, 0.2) is 36.4 Å². The minimum absolute atomic E-state index is 1.25. The quantitative estimate of drug-likeness (QED) is 0.526. The van der Waals surface area contributed by atoms with Gasteiger partial charge in [-0.15, -0.1) is 0 Å². The van der Waals surface area contributed by atoms with Crippen LogP contribution < -0.4 is 0 Å². The van der Waals surface area contributed by atoms with Crippen LogP contribution in [0.1, 0.15) is 42.9 Å². The Labute approximate surface area is 80.0 Å². The second kappa shape index (κ2) is 22.5. The van der Waals surface area contributed by atoms with Crippen LogP contribution in [0.5, 0.6) is 0 Å². The fourth-order valence-electron chi connectivity index (χ4n) is 0.385. The molecule has 1 rings (SSSR count). The van der Waals surface area contributed by atoms with E-state index in [0.29, 0.717) is 0 Å². The molecule has 0 amide bonds. The molecule has 0 heteroatoms. The van der Waals surface area contributed by atoms with Crippen LogP contribution in [0.3, 0.4) is 0 Å². The molecule has 0 aliphatic heterocycles. The molecule has 0 unspecified atom stereocenters. The van der Waals surface area contributed by atoms with E-state index in [9.17, 15) is 0 Å². The van der Waals surface area contributed by atoms with Crippen LogP contribution in [0.25, 0.3) is 0 Å². The maximum absolute atomic E-state index is 5.75. The Morgan fingerprint density at radius 2 is 0.917 bits per heavy atom. The number of benzene rings is 1. The average Bonchev–Trinajstić information content (AvgIpc) is 2.27. The van der Waals surface area contributed by atoms with Crippen LogP contribution in [0.2, 0.25) is 0 Å². The fraction of sp³-hybridized carbons (Fsp3) is 0.500. The van der Waals surface area contributed by atoms with Crippen LogP contribution in [-0.2, 0) is 0 Å².